The van der Waals surface area contributed by atoms with Crippen molar-refractivity contribution in [2.24, 2.45) is 0 Å². The van der Waals surface area contributed by atoms with Gasteiger partial charge in [0.2, 0.25) is 0 Å². The normalized spacial score (nSPS) is 14.4. The predicted octanol–water partition coefficient (Wildman–Crippen LogP) is 0.853. The van der Waals surface area contributed by atoms with Crippen molar-refractivity contribution in [2.45, 2.75) is 11.5 Å². The number of fused-ring (bicyclic) bond motifs is 2. The van der Waals surface area contributed by atoms with E-state index in [1.54, 1.807) is 36.0 Å². The maximum Gasteiger partial charge on any atom is 0.290 e. The molecule has 4 nitrogen and oxygen atoms in total. The first kappa shape index (κ1) is 8.79. The van der Waals surface area contributed by atoms with E-state index in [4.69, 9.17) is 0 Å². The van der Waals surface area contributed by atoms with Gasteiger partial charge in [0.15, 0.2) is 0 Å². The number of nitrogens with zero attached hydrogens (tertiary/aromatic N) is 2. The first-order valence-corrected chi connectivity index (χ1v) is 5.78. The number of thioether (sulfide) groups is 1. The molecule has 2 aromatic rings. The van der Waals surface area contributed by atoms with Gasteiger partial charge in [0.05, 0.1) is 11.5 Å². The average Bonchev–Trinajstić information content (AvgIpc) is 2.75. The zero-order chi connectivity index (χ0) is 10.4. The Bertz CT molecular complexity index is 508. The summed E-state index contributed by atoms with van der Waals surface area (Å²) < 4.78 is 1.78. The predicted molar refractivity (Wildman–Crippen MR) is 56.9 cm³/mol. The van der Waals surface area contributed by atoms with Crippen LogP contribution in [-0.4, -0.2) is 0 Å². The van der Waals surface area contributed by atoms with Gasteiger partial charge in [0.25, 0.3) is 22.4 Å². The van der Waals surface area contributed by atoms with Gasteiger partial charge < -0.3 is 10.4 Å². The third kappa shape index (κ3) is 1.10. The molecule has 1 aliphatic rings. The lowest BCUT2D eigenvalue weighted by Gasteiger charge is -2.07. The summed E-state index contributed by atoms with van der Waals surface area (Å²) in [4.78, 5) is 0. The van der Waals surface area contributed by atoms with Gasteiger partial charge in [-0.2, -0.15) is 9.46 Å². The Kier molecular flexibility index (Phi) is 1.76. The molecule has 3 rings (SSSR count). The molecule has 0 N–H and O–H groups in total. The summed E-state index contributed by atoms with van der Waals surface area (Å²) in [6.07, 6.45) is 0. The molecule has 5 heteroatoms. The van der Waals surface area contributed by atoms with Crippen molar-refractivity contribution >= 4 is 22.8 Å². The van der Waals surface area contributed by atoms with E-state index in [1.165, 1.54) is 0 Å². The molecule has 1 aromatic carbocycles. The number of rotatable bonds is 0. The van der Waals surface area contributed by atoms with Crippen LogP contribution in [0.3, 0.4) is 0 Å². The molecular weight excluding hydrogens is 212 g/mol. The molecule has 0 amide bonds. The van der Waals surface area contributed by atoms with Crippen molar-refractivity contribution < 1.29 is 9.46 Å². The van der Waals surface area contributed by atoms with E-state index in [1.807, 2.05) is 0 Å². The van der Waals surface area contributed by atoms with Crippen LogP contribution in [0.5, 0.6) is 0 Å². The van der Waals surface area contributed by atoms with Gasteiger partial charge in [-0.05, 0) is 0 Å². The molecule has 0 saturated carbocycles. The lowest BCUT2D eigenvalue weighted by molar-refractivity contribution is -0.638. The number of aromatic nitrogens is 2. The van der Waals surface area contributed by atoms with E-state index >= 15 is 0 Å². The van der Waals surface area contributed by atoms with E-state index in [9.17, 15) is 10.4 Å². The fraction of sp³-hybridized carbons (Fsp3) is 0.200. The summed E-state index contributed by atoms with van der Waals surface area (Å²) in [5.74, 6) is 1.26. The molecule has 0 aliphatic carbocycles. The van der Waals surface area contributed by atoms with E-state index < -0.39 is 0 Å². The van der Waals surface area contributed by atoms with E-state index in [0.29, 0.717) is 33.9 Å². The maximum absolute atomic E-state index is 11.9. The Balaban J connectivity index is 2.51. The quantitative estimate of drug-likeness (QED) is 0.488. The molecule has 0 spiro atoms. The Morgan fingerprint density at radius 2 is 1.40 bits per heavy atom. The zero-order valence-electron chi connectivity index (χ0n) is 7.84. The third-order valence-corrected chi connectivity index (χ3v) is 3.58. The summed E-state index contributed by atoms with van der Waals surface area (Å²) in [5.41, 5.74) is 2.12. The Morgan fingerprint density at radius 1 is 0.933 bits per heavy atom. The van der Waals surface area contributed by atoms with Crippen LogP contribution in [0.4, 0.5) is 0 Å². The molecule has 0 bridgehead atoms. The second-order valence-corrected chi connectivity index (χ2v) is 4.45. The van der Waals surface area contributed by atoms with Gasteiger partial charge in [-0.25, -0.2) is 0 Å². The number of hydrogen-bond donors (Lipinski definition) is 0. The minimum Gasteiger partial charge on any atom is -0.618 e. The van der Waals surface area contributed by atoms with Crippen LogP contribution >= 0.6 is 11.8 Å². The highest BCUT2D eigenvalue weighted by Crippen LogP contribution is 2.25. The third-order valence-electron chi connectivity index (χ3n) is 2.62. The lowest BCUT2D eigenvalue weighted by atomic mass is 10.2. The van der Waals surface area contributed by atoms with Gasteiger partial charge in [-0.3, -0.25) is 0 Å². The number of hydrogen-bond acceptors (Lipinski definition) is 3. The molecular formula is C10H8N2O2S. The molecule has 0 fully saturated rings. The van der Waals surface area contributed by atoms with Crippen LogP contribution in [-0.2, 0) is 11.5 Å². The average molecular weight is 220 g/mol. The van der Waals surface area contributed by atoms with Crippen LogP contribution in [0.15, 0.2) is 24.3 Å². The summed E-state index contributed by atoms with van der Waals surface area (Å²) in [5, 5.41) is 23.8. The van der Waals surface area contributed by atoms with Crippen molar-refractivity contribution in [3.8, 4) is 0 Å². The topological polar surface area (TPSA) is 53.9 Å². The monoisotopic (exact) mass is 220 g/mol. The van der Waals surface area contributed by atoms with Crippen molar-refractivity contribution in [1.82, 2.24) is 0 Å². The highest BCUT2D eigenvalue weighted by molar-refractivity contribution is 7.98. The van der Waals surface area contributed by atoms with Crippen LogP contribution in [0.1, 0.15) is 11.4 Å². The van der Waals surface area contributed by atoms with Crippen molar-refractivity contribution in [1.29, 1.82) is 0 Å². The van der Waals surface area contributed by atoms with Crippen molar-refractivity contribution in [2.75, 3.05) is 0 Å². The summed E-state index contributed by atoms with van der Waals surface area (Å²) in [7, 11) is 0. The molecule has 2 heterocycles. The first-order chi connectivity index (χ1) is 7.29. The van der Waals surface area contributed by atoms with Crippen molar-refractivity contribution in [3.63, 3.8) is 0 Å². The zero-order valence-corrected chi connectivity index (χ0v) is 8.66. The minimum atomic E-state index is 0.453. The fourth-order valence-electron chi connectivity index (χ4n) is 1.86. The molecule has 0 unspecified atom stereocenters. The minimum absolute atomic E-state index is 0.453. The van der Waals surface area contributed by atoms with E-state index in [2.05, 4.69) is 0 Å². The highest BCUT2D eigenvalue weighted by atomic mass is 32.2. The molecule has 0 radical (unpaired) electrons. The van der Waals surface area contributed by atoms with Crippen LogP contribution in [0, 0.1) is 10.4 Å². The first-order valence-electron chi connectivity index (χ1n) is 4.62. The van der Waals surface area contributed by atoms with E-state index in [-0.39, 0.29) is 0 Å². The largest absolute Gasteiger partial charge is 0.618 e. The summed E-state index contributed by atoms with van der Waals surface area (Å²) in [6.45, 7) is 0. The molecule has 0 saturated heterocycles. The van der Waals surface area contributed by atoms with Gasteiger partial charge in [0, 0.05) is 12.1 Å². The second kappa shape index (κ2) is 3.00. The molecule has 15 heavy (non-hydrogen) atoms. The van der Waals surface area contributed by atoms with Crippen molar-refractivity contribution in [3.05, 3.63) is 46.1 Å². The van der Waals surface area contributed by atoms with E-state index in [0.717, 1.165) is 9.46 Å². The molecule has 1 aromatic heterocycles. The SMILES string of the molecule is [O-][n+]1c2c([n+]([O-])c3ccccc31)CSC2. The smallest absolute Gasteiger partial charge is 0.290 e. The molecule has 1 aliphatic heterocycles. The van der Waals surface area contributed by atoms with Crippen LogP contribution in [0.2, 0.25) is 0 Å². The molecule has 0 atom stereocenters. The maximum atomic E-state index is 11.9. The summed E-state index contributed by atoms with van der Waals surface area (Å²) >= 11 is 1.60. The van der Waals surface area contributed by atoms with Gasteiger partial charge >= 0.3 is 0 Å². The number of para-hydroxylation sites is 2. The standard InChI is InChI=1S/C10H8N2O2S/c13-11-7-3-1-2-4-8(7)12(14)10-6-15-5-9(10)11/h1-4H,5-6H2. The Morgan fingerprint density at radius 3 is 1.87 bits per heavy atom. The lowest BCUT2D eigenvalue weighted by Crippen LogP contribution is -2.43. The molecule has 76 valence electrons. The summed E-state index contributed by atoms with van der Waals surface area (Å²) in [6, 6.07) is 6.90. The second-order valence-electron chi connectivity index (χ2n) is 3.46. The fourth-order valence-corrected chi connectivity index (χ4v) is 2.92. The van der Waals surface area contributed by atoms with Gasteiger partial charge in [-0.1, -0.05) is 12.1 Å². The number of benzene rings is 1. The van der Waals surface area contributed by atoms with Gasteiger partial charge in [0.1, 0.15) is 0 Å². The Hall–Kier alpha value is -1.49. The van der Waals surface area contributed by atoms with Gasteiger partial charge in [-0.15, -0.1) is 11.8 Å². The highest BCUT2D eigenvalue weighted by Gasteiger charge is 2.31. The van der Waals surface area contributed by atoms with Crippen LogP contribution < -0.4 is 9.46 Å². The van der Waals surface area contributed by atoms with Crippen LogP contribution in [0.25, 0.3) is 11.0 Å². The Labute approximate surface area is 90.3 Å².